The van der Waals surface area contributed by atoms with Crippen LogP contribution in [0.5, 0.6) is 5.75 Å². The first-order valence-corrected chi connectivity index (χ1v) is 12.8. The van der Waals surface area contributed by atoms with Crippen molar-refractivity contribution >= 4 is 27.3 Å². The molecule has 2 heterocycles. The summed E-state index contributed by atoms with van der Waals surface area (Å²) in [5.74, 6) is 0.432. The second-order valence-electron chi connectivity index (χ2n) is 8.77. The molecule has 1 aliphatic rings. The lowest BCUT2D eigenvalue weighted by Gasteiger charge is -2.19. The molecule has 9 nitrogen and oxygen atoms in total. The Balaban J connectivity index is 1.56. The molecule has 11 heteroatoms. The summed E-state index contributed by atoms with van der Waals surface area (Å²) in [6.45, 7) is 5.36. The minimum Gasteiger partial charge on any atom is -0.497 e. The highest BCUT2D eigenvalue weighted by molar-refractivity contribution is 7.93. The van der Waals surface area contributed by atoms with Crippen molar-refractivity contribution in [3.63, 3.8) is 0 Å². The van der Waals surface area contributed by atoms with Crippen molar-refractivity contribution in [2.24, 2.45) is 0 Å². The first-order chi connectivity index (χ1) is 15.5. The van der Waals surface area contributed by atoms with Gasteiger partial charge in [-0.3, -0.25) is 4.68 Å². The second-order valence-corrected chi connectivity index (χ2v) is 12.1. The highest BCUT2D eigenvalue weighted by Crippen LogP contribution is 2.37. The van der Waals surface area contributed by atoms with Crippen LogP contribution in [-0.4, -0.2) is 42.0 Å². The summed E-state index contributed by atoms with van der Waals surface area (Å²) in [4.78, 5) is 16.1. The van der Waals surface area contributed by atoms with Gasteiger partial charge in [0.15, 0.2) is 0 Å². The highest BCUT2D eigenvalue weighted by Gasteiger charge is 2.26. The van der Waals surface area contributed by atoms with E-state index in [-0.39, 0.29) is 15.6 Å². The Kier molecular flexibility index (Phi) is 6.19. The lowest BCUT2D eigenvalue weighted by atomic mass is 10.1. The Labute approximate surface area is 196 Å². The molecule has 1 aliphatic carbocycles. The quantitative estimate of drug-likeness (QED) is 0.528. The average molecular weight is 491 g/mol. The fraction of sp³-hybridized carbons (Fsp3) is 0.409. The van der Waals surface area contributed by atoms with Crippen molar-refractivity contribution in [3.8, 4) is 16.9 Å². The smallest absolute Gasteiger partial charge is 0.408 e. The zero-order valence-electron chi connectivity index (χ0n) is 18.9. The fourth-order valence-electron chi connectivity index (χ4n) is 3.11. The van der Waals surface area contributed by atoms with Gasteiger partial charge in [0.2, 0.25) is 9.84 Å². The number of carbonyl (C=O) groups excluding carboxylic acids is 1. The maximum absolute atomic E-state index is 13.3. The van der Waals surface area contributed by atoms with Crippen LogP contribution in [-0.2, 0) is 21.1 Å². The van der Waals surface area contributed by atoms with Crippen molar-refractivity contribution in [2.45, 2.75) is 60.9 Å². The SMILES string of the molecule is COc1cc(-c2cnn(C3CC3)c2)cc(S(=O)(=O)c2cnc(CNC(=O)OC(C)(C)C)s2)c1. The molecule has 2 aromatic heterocycles. The normalized spacial score (nSPS) is 14.2. The number of thiazole rings is 1. The van der Waals surface area contributed by atoms with Gasteiger partial charge in [-0.2, -0.15) is 5.10 Å². The average Bonchev–Trinajstić information content (AvgIpc) is 3.28. The Morgan fingerprint density at radius 1 is 1.21 bits per heavy atom. The predicted molar refractivity (Wildman–Crippen MR) is 123 cm³/mol. The van der Waals surface area contributed by atoms with Gasteiger partial charge in [0, 0.05) is 11.8 Å². The van der Waals surface area contributed by atoms with Gasteiger partial charge in [0.25, 0.3) is 0 Å². The van der Waals surface area contributed by atoms with Crippen LogP contribution >= 0.6 is 11.3 Å². The first-order valence-electron chi connectivity index (χ1n) is 10.5. The summed E-state index contributed by atoms with van der Waals surface area (Å²) in [7, 11) is -2.34. The van der Waals surface area contributed by atoms with E-state index in [1.807, 2.05) is 10.9 Å². The van der Waals surface area contributed by atoms with Crippen LogP contribution in [0.4, 0.5) is 4.79 Å². The molecule has 0 bridgehead atoms. The maximum Gasteiger partial charge on any atom is 0.408 e. The third-order valence-corrected chi connectivity index (χ3v) is 8.05. The lowest BCUT2D eigenvalue weighted by Crippen LogP contribution is -2.32. The Morgan fingerprint density at radius 3 is 2.64 bits per heavy atom. The third kappa shape index (κ3) is 5.53. The number of hydrogen-bond donors (Lipinski definition) is 1. The number of hydrogen-bond acceptors (Lipinski definition) is 8. The number of ether oxygens (including phenoxy) is 2. The number of aromatic nitrogens is 3. The molecule has 1 saturated carbocycles. The van der Waals surface area contributed by atoms with Gasteiger partial charge < -0.3 is 14.8 Å². The molecule has 1 N–H and O–H groups in total. The third-order valence-electron chi connectivity index (χ3n) is 4.86. The van der Waals surface area contributed by atoms with Crippen molar-refractivity contribution < 1.29 is 22.7 Å². The lowest BCUT2D eigenvalue weighted by molar-refractivity contribution is 0.0523. The van der Waals surface area contributed by atoms with E-state index in [0.29, 0.717) is 22.4 Å². The number of nitrogens with zero attached hydrogens (tertiary/aromatic N) is 3. The molecular formula is C22H26N4O5S2. The molecule has 1 aromatic carbocycles. The molecule has 0 unspecified atom stereocenters. The van der Waals surface area contributed by atoms with E-state index in [4.69, 9.17) is 9.47 Å². The second kappa shape index (κ2) is 8.79. The number of nitrogens with one attached hydrogen (secondary N) is 1. The topological polar surface area (TPSA) is 112 Å². The molecule has 3 aromatic rings. The predicted octanol–water partition coefficient (Wildman–Crippen LogP) is 4.21. The van der Waals surface area contributed by atoms with Gasteiger partial charge in [-0.1, -0.05) is 0 Å². The molecule has 0 spiro atoms. The zero-order valence-corrected chi connectivity index (χ0v) is 20.5. The van der Waals surface area contributed by atoms with Gasteiger partial charge in [0.05, 0.1) is 37.0 Å². The van der Waals surface area contributed by atoms with E-state index >= 15 is 0 Å². The molecule has 1 fully saturated rings. The van der Waals surface area contributed by atoms with E-state index in [9.17, 15) is 13.2 Å². The summed E-state index contributed by atoms with van der Waals surface area (Å²) in [6, 6.07) is 5.32. The number of carbonyl (C=O) groups is 1. The van der Waals surface area contributed by atoms with Crippen LogP contribution in [0, 0.1) is 0 Å². The van der Waals surface area contributed by atoms with Crippen molar-refractivity contribution in [2.75, 3.05) is 7.11 Å². The zero-order chi connectivity index (χ0) is 23.8. The largest absolute Gasteiger partial charge is 0.497 e. The summed E-state index contributed by atoms with van der Waals surface area (Å²) >= 11 is 0.999. The van der Waals surface area contributed by atoms with Crippen molar-refractivity contribution in [1.82, 2.24) is 20.1 Å². The van der Waals surface area contributed by atoms with Crippen LogP contribution in [0.3, 0.4) is 0 Å². The Morgan fingerprint density at radius 2 is 1.97 bits per heavy atom. The number of methoxy groups -OCH3 is 1. The standard InChI is InChI=1S/C22H26N4O5S2/c1-22(2,3)31-21(27)24-11-19-23-12-20(32-19)33(28,29)18-8-14(7-17(9-18)30-4)15-10-25-26(13-15)16-5-6-16/h7-10,12-13,16H,5-6,11H2,1-4H3,(H,24,27). The molecule has 0 aliphatic heterocycles. The van der Waals surface area contributed by atoms with E-state index in [1.54, 1.807) is 39.1 Å². The van der Waals surface area contributed by atoms with E-state index in [1.165, 1.54) is 19.4 Å². The number of alkyl carbamates (subject to hydrolysis) is 1. The summed E-state index contributed by atoms with van der Waals surface area (Å²) < 4.78 is 39.2. The van der Waals surface area contributed by atoms with Crippen LogP contribution in [0.15, 0.2) is 45.9 Å². The van der Waals surface area contributed by atoms with E-state index < -0.39 is 21.5 Å². The highest BCUT2D eigenvalue weighted by atomic mass is 32.2. The van der Waals surface area contributed by atoms with Gasteiger partial charge in [-0.15, -0.1) is 11.3 Å². The van der Waals surface area contributed by atoms with Crippen LogP contribution in [0.1, 0.15) is 44.7 Å². The first kappa shape index (κ1) is 23.2. The molecule has 4 rings (SSSR count). The van der Waals surface area contributed by atoms with Crippen LogP contribution in [0.25, 0.3) is 11.1 Å². The Bertz CT molecular complexity index is 1270. The van der Waals surface area contributed by atoms with Crippen molar-refractivity contribution in [3.05, 3.63) is 41.8 Å². The number of rotatable bonds is 7. The molecule has 1 amide bonds. The molecule has 176 valence electrons. The number of amides is 1. The molecule has 33 heavy (non-hydrogen) atoms. The molecule has 0 saturated heterocycles. The van der Waals surface area contributed by atoms with E-state index in [2.05, 4.69) is 15.4 Å². The number of sulfone groups is 1. The van der Waals surface area contributed by atoms with E-state index in [0.717, 1.165) is 29.7 Å². The van der Waals surface area contributed by atoms with Gasteiger partial charge in [-0.25, -0.2) is 18.2 Å². The van der Waals surface area contributed by atoms with Gasteiger partial charge in [0.1, 0.15) is 20.6 Å². The maximum atomic E-state index is 13.3. The van der Waals surface area contributed by atoms with Crippen LogP contribution in [0.2, 0.25) is 0 Å². The van der Waals surface area contributed by atoms with Gasteiger partial charge >= 0.3 is 6.09 Å². The Hall–Kier alpha value is -2.92. The van der Waals surface area contributed by atoms with Crippen molar-refractivity contribution in [1.29, 1.82) is 0 Å². The molecule has 0 atom stereocenters. The monoisotopic (exact) mass is 490 g/mol. The summed E-state index contributed by atoms with van der Waals surface area (Å²) in [6.07, 6.45) is 6.58. The molecule has 0 radical (unpaired) electrons. The molecular weight excluding hydrogens is 464 g/mol. The number of benzene rings is 1. The fourth-order valence-corrected chi connectivity index (χ4v) is 5.70. The minimum absolute atomic E-state index is 0.0683. The summed E-state index contributed by atoms with van der Waals surface area (Å²) in [5.41, 5.74) is 0.903. The van der Waals surface area contributed by atoms with Gasteiger partial charge in [-0.05, 0) is 57.4 Å². The minimum atomic E-state index is -3.84. The summed E-state index contributed by atoms with van der Waals surface area (Å²) in [5, 5.41) is 7.43. The van der Waals surface area contributed by atoms with Crippen LogP contribution < -0.4 is 10.1 Å².